The average Bonchev–Trinajstić information content (AvgIpc) is 2.35. The molecule has 8 N–H and O–H groups in total. The Labute approximate surface area is 119 Å². The van der Waals surface area contributed by atoms with Crippen LogP contribution in [0, 0.1) is 6.92 Å². The van der Waals surface area contributed by atoms with E-state index in [2.05, 4.69) is 0 Å². The maximum Gasteiger partial charge on any atom is 0.285 e. The molecule has 1 aromatic carbocycles. The lowest BCUT2D eigenvalue weighted by Crippen LogP contribution is -2.78. The summed E-state index contributed by atoms with van der Waals surface area (Å²) in [6, 6.07) is 6.03. The van der Waals surface area contributed by atoms with Crippen LogP contribution in [0.25, 0.3) is 5.57 Å². The summed E-state index contributed by atoms with van der Waals surface area (Å²) in [6.45, 7) is 1.55. The molecule has 1 aromatic rings. The van der Waals surface area contributed by atoms with E-state index in [9.17, 15) is 40.9 Å². The molecule has 0 aromatic heterocycles. The zero-order valence-corrected chi connectivity index (χ0v) is 11.0. The minimum Gasteiger partial charge on any atom is -0.358 e. The van der Waals surface area contributed by atoms with Gasteiger partial charge in [0.1, 0.15) is 0 Å². The van der Waals surface area contributed by atoms with E-state index in [1.54, 1.807) is 19.1 Å². The van der Waals surface area contributed by atoms with Gasteiger partial charge < -0.3 is 40.9 Å². The maximum atomic E-state index is 9.95. The van der Waals surface area contributed by atoms with Gasteiger partial charge in [0.25, 0.3) is 17.4 Å². The number of rotatable bonds is 1. The third kappa shape index (κ3) is 1.94. The first-order valence-electron chi connectivity index (χ1n) is 5.94. The van der Waals surface area contributed by atoms with Gasteiger partial charge in [-0.1, -0.05) is 24.3 Å². The van der Waals surface area contributed by atoms with Crippen LogP contribution in [0.2, 0.25) is 0 Å². The molecule has 21 heavy (non-hydrogen) atoms. The molecule has 1 aliphatic rings. The Balaban J connectivity index is 2.78. The van der Waals surface area contributed by atoms with Crippen LogP contribution in [0.5, 0.6) is 0 Å². The third-order valence-corrected chi connectivity index (χ3v) is 3.64. The third-order valence-electron chi connectivity index (χ3n) is 3.64. The molecule has 0 unspecified atom stereocenters. The highest BCUT2D eigenvalue weighted by Crippen LogP contribution is 2.47. The Kier molecular flexibility index (Phi) is 3.30. The lowest BCUT2D eigenvalue weighted by atomic mass is 9.75. The van der Waals surface area contributed by atoms with E-state index in [4.69, 9.17) is 0 Å². The van der Waals surface area contributed by atoms with E-state index >= 15 is 0 Å². The second-order valence-electron chi connectivity index (χ2n) is 5.12. The number of hydrogen-bond donors (Lipinski definition) is 8. The van der Waals surface area contributed by atoms with Crippen molar-refractivity contribution in [2.24, 2.45) is 0 Å². The van der Waals surface area contributed by atoms with Crippen LogP contribution in [-0.2, 0) is 0 Å². The number of aliphatic hydroxyl groups is 8. The van der Waals surface area contributed by atoms with Gasteiger partial charge in [0.2, 0.25) is 5.79 Å². The second-order valence-corrected chi connectivity index (χ2v) is 5.12. The first-order chi connectivity index (χ1) is 9.36. The molecule has 2 rings (SSSR count). The predicted octanol–water partition coefficient (Wildman–Crippen LogP) is -2.88. The summed E-state index contributed by atoms with van der Waals surface area (Å²) in [6.07, 6.45) is 0.333. The molecular formula is C13H16O8. The molecular weight excluding hydrogens is 284 g/mol. The van der Waals surface area contributed by atoms with Gasteiger partial charge in [0.15, 0.2) is 0 Å². The Hall–Kier alpha value is -1.36. The summed E-state index contributed by atoms with van der Waals surface area (Å²) in [5, 5.41) is 77.5. The highest BCUT2D eigenvalue weighted by Gasteiger charge is 2.74. The van der Waals surface area contributed by atoms with Gasteiger partial charge in [-0.05, 0) is 24.1 Å². The molecule has 1 aliphatic carbocycles. The summed E-state index contributed by atoms with van der Waals surface area (Å²) >= 11 is 0. The fourth-order valence-electron chi connectivity index (χ4n) is 2.23. The second kappa shape index (κ2) is 4.32. The summed E-state index contributed by atoms with van der Waals surface area (Å²) in [5.41, 5.74) is -0.196. The quantitative estimate of drug-likeness (QED) is 0.256. The molecule has 116 valence electrons. The van der Waals surface area contributed by atoms with Crippen LogP contribution in [0.3, 0.4) is 0 Å². The zero-order valence-electron chi connectivity index (χ0n) is 11.0. The first-order valence-corrected chi connectivity index (χ1v) is 5.94. The number of aryl methyl sites for hydroxylation is 1. The molecule has 0 saturated heterocycles. The van der Waals surface area contributed by atoms with Gasteiger partial charge in [-0.3, -0.25) is 0 Å². The molecule has 0 heterocycles. The van der Waals surface area contributed by atoms with Crippen LogP contribution in [0.1, 0.15) is 11.1 Å². The van der Waals surface area contributed by atoms with Crippen molar-refractivity contribution in [3.8, 4) is 0 Å². The highest BCUT2D eigenvalue weighted by atomic mass is 16.7. The lowest BCUT2D eigenvalue weighted by Gasteiger charge is -2.51. The fraction of sp³-hybridized carbons (Fsp3) is 0.385. The van der Waals surface area contributed by atoms with Crippen molar-refractivity contribution in [3.63, 3.8) is 0 Å². The van der Waals surface area contributed by atoms with Gasteiger partial charge in [0.05, 0.1) is 0 Å². The molecule has 0 spiro atoms. The molecule has 0 amide bonds. The predicted molar refractivity (Wildman–Crippen MR) is 67.8 cm³/mol. The van der Waals surface area contributed by atoms with Crippen molar-refractivity contribution in [1.82, 2.24) is 0 Å². The molecule has 0 fully saturated rings. The average molecular weight is 300 g/mol. The molecule has 8 heteroatoms. The SMILES string of the molecule is Cc1ccccc1C1=CC(O)(O)C(O)(O)C(O)(O)C1(O)O. The van der Waals surface area contributed by atoms with Gasteiger partial charge in [-0.15, -0.1) is 0 Å². The largest absolute Gasteiger partial charge is 0.358 e. The van der Waals surface area contributed by atoms with Crippen LogP contribution in [-0.4, -0.2) is 64.0 Å². The molecule has 8 nitrogen and oxygen atoms in total. The maximum absolute atomic E-state index is 9.95. The number of benzene rings is 1. The van der Waals surface area contributed by atoms with Crippen molar-refractivity contribution in [3.05, 3.63) is 41.5 Å². The normalized spacial score (nSPS) is 25.3. The monoisotopic (exact) mass is 300 g/mol. The van der Waals surface area contributed by atoms with Crippen molar-refractivity contribution >= 4 is 5.57 Å². The lowest BCUT2D eigenvalue weighted by molar-refractivity contribution is -0.491. The Morgan fingerprint density at radius 1 is 0.762 bits per heavy atom. The van der Waals surface area contributed by atoms with Crippen LogP contribution >= 0.6 is 0 Å². The van der Waals surface area contributed by atoms with Gasteiger partial charge >= 0.3 is 0 Å². The van der Waals surface area contributed by atoms with Crippen LogP contribution in [0.15, 0.2) is 30.3 Å². The summed E-state index contributed by atoms with van der Waals surface area (Å²) in [7, 11) is 0. The van der Waals surface area contributed by atoms with Crippen LogP contribution < -0.4 is 0 Å². The Bertz CT molecular complexity index is 600. The smallest absolute Gasteiger partial charge is 0.285 e. The summed E-state index contributed by atoms with van der Waals surface area (Å²) in [5.74, 6) is -15.2. The van der Waals surface area contributed by atoms with Gasteiger partial charge in [-0.25, -0.2) is 0 Å². The Morgan fingerprint density at radius 3 is 1.81 bits per heavy atom. The minimum atomic E-state index is -4.07. The molecule has 0 saturated carbocycles. The fourth-order valence-corrected chi connectivity index (χ4v) is 2.23. The van der Waals surface area contributed by atoms with E-state index in [1.807, 2.05) is 0 Å². The van der Waals surface area contributed by atoms with Crippen molar-refractivity contribution in [2.45, 2.75) is 30.1 Å². The number of hydrogen-bond acceptors (Lipinski definition) is 8. The van der Waals surface area contributed by atoms with Crippen LogP contribution in [0.4, 0.5) is 0 Å². The van der Waals surface area contributed by atoms with E-state index < -0.39 is 28.7 Å². The molecule has 0 atom stereocenters. The zero-order chi connectivity index (χ0) is 16.3. The molecule has 0 aliphatic heterocycles. The highest BCUT2D eigenvalue weighted by molar-refractivity contribution is 5.76. The van der Waals surface area contributed by atoms with E-state index in [0.717, 1.165) is 0 Å². The van der Waals surface area contributed by atoms with Gasteiger partial charge in [0, 0.05) is 5.57 Å². The summed E-state index contributed by atoms with van der Waals surface area (Å²) in [4.78, 5) is 0. The molecule has 0 radical (unpaired) electrons. The van der Waals surface area contributed by atoms with E-state index in [1.165, 1.54) is 12.1 Å². The van der Waals surface area contributed by atoms with Gasteiger partial charge in [-0.2, -0.15) is 0 Å². The molecule has 0 bridgehead atoms. The van der Waals surface area contributed by atoms with Crippen molar-refractivity contribution < 1.29 is 40.9 Å². The first kappa shape index (κ1) is 16.0. The standard InChI is InChI=1S/C13H16O8/c1-7-4-2-3-5-8(7)9-6-10(14,15)12(18,19)13(20,21)11(9,16)17/h2-6,14-21H,1H3. The van der Waals surface area contributed by atoms with Crippen molar-refractivity contribution in [1.29, 1.82) is 0 Å². The topological polar surface area (TPSA) is 162 Å². The Morgan fingerprint density at radius 2 is 1.29 bits per heavy atom. The van der Waals surface area contributed by atoms with Crippen molar-refractivity contribution in [2.75, 3.05) is 0 Å². The van der Waals surface area contributed by atoms with E-state index in [0.29, 0.717) is 11.6 Å². The van der Waals surface area contributed by atoms with E-state index in [-0.39, 0.29) is 5.56 Å². The minimum absolute atomic E-state index is 0.0537. The summed E-state index contributed by atoms with van der Waals surface area (Å²) < 4.78 is 0.